The van der Waals surface area contributed by atoms with Crippen molar-refractivity contribution < 1.29 is 4.74 Å². The molecule has 1 atom stereocenters. The number of hydrogen-bond donors (Lipinski definition) is 0. The smallest absolute Gasteiger partial charge is 0.0496 e. The van der Waals surface area contributed by atoms with Crippen molar-refractivity contribution in [3.8, 4) is 0 Å². The molecule has 0 N–H and O–H groups in total. The van der Waals surface area contributed by atoms with Gasteiger partial charge in [-0.25, -0.2) is 0 Å². The lowest BCUT2D eigenvalue weighted by Gasteiger charge is -2.36. The molecule has 1 unspecified atom stereocenters. The van der Waals surface area contributed by atoms with Gasteiger partial charge in [0.1, 0.15) is 0 Å². The maximum absolute atomic E-state index is 5.55. The second-order valence-corrected chi connectivity index (χ2v) is 4.62. The third kappa shape index (κ3) is 2.44. The molecular weight excluding hydrogens is 162 g/mol. The maximum Gasteiger partial charge on any atom is 0.0496 e. The van der Waals surface area contributed by atoms with E-state index in [4.69, 9.17) is 4.74 Å². The molecule has 0 aromatic carbocycles. The van der Waals surface area contributed by atoms with Gasteiger partial charge in [0, 0.05) is 13.2 Å². The van der Waals surface area contributed by atoms with Crippen LogP contribution in [0.4, 0.5) is 0 Å². The summed E-state index contributed by atoms with van der Waals surface area (Å²) < 4.78 is 5.55. The summed E-state index contributed by atoms with van der Waals surface area (Å²) in [4.78, 5) is 2.44. The molecule has 0 aromatic rings. The third-order valence-electron chi connectivity index (χ3n) is 3.63. The van der Waals surface area contributed by atoms with Gasteiger partial charge in [0.15, 0.2) is 0 Å². The quantitative estimate of drug-likeness (QED) is 0.614. The zero-order valence-electron chi connectivity index (χ0n) is 8.67. The summed E-state index contributed by atoms with van der Waals surface area (Å²) >= 11 is 0. The van der Waals surface area contributed by atoms with Crippen LogP contribution in [0.2, 0.25) is 0 Å². The summed E-state index contributed by atoms with van der Waals surface area (Å²) in [5, 5.41) is 0. The molecule has 0 aliphatic carbocycles. The Morgan fingerprint density at radius 3 is 2.46 bits per heavy atom. The molecular formula is C11H21NO. The first-order valence-electron chi connectivity index (χ1n) is 5.62. The number of nitrogens with zero attached hydrogens (tertiary/aromatic N) is 1. The van der Waals surface area contributed by atoms with Crippen molar-refractivity contribution >= 4 is 0 Å². The SMILES string of the molecule is CN1CCC(C2CCCOC2)CC1. The lowest BCUT2D eigenvalue weighted by molar-refractivity contribution is 0.0161. The average molecular weight is 183 g/mol. The maximum atomic E-state index is 5.55. The van der Waals surface area contributed by atoms with E-state index >= 15 is 0 Å². The van der Waals surface area contributed by atoms with Gasteiger partial charge in [0.05, 0.1) is 0 Å². The van der Waals surface area contributed by atoms with Crippen LogP contribution in [0.15, 0.2) is 0 Å². The van der Waals surface area contributed by atoms with Gasteiger partial charge in [0.25, 0.3) is 0 Å². The van der Waals surface area contributed by atoms with Crippen molar-refractivity contribution in [1.29, 1.82) is 0 Å². The number of likely N-dealkylation sites (tertiary alicyclic amines) is 1. The van der Waals surface area contributed by atoms with Gasteiger partial charge in [-0.05, 0) is 57.7 Å². The number of rotatable bonds is 1. The fourth-order valence-electron chi connectivity index (χ4n) is 2.64. The van der Waals surface area contributed by atoms with E-state index in [1.165, 1.54) is 38.8 Å². The van der Waals surface area contributed by atoms with Crippen LogP contribution in [-0.2, 0) is 4.74 Å². The number of piperidine rings is 1. The van der Waals surface area contributed by atoms with E-state index in [2.05, 4.69) is 11.9 Å². The Hall–Kier alpha value is -0.0800. The molecule has 0 bridgehead atoms. The molecule has 2 heteroatoms. The predicted octanol–water partition coefficient (Wildman–Crippen LogP) is 1.75. The monoisotopic (exact) mass is 183 g/mol. The lowest BCUT2D eigenvalue weighted by Crippen LogP contribution is -2.35. The summed E-state index contributed by atoms with van der Waals surface area (Å²) in [5.74, 6) is 1.83. The van der Waals surface area contributed by atoms with E-state index < -0.39 is 0 Å². The molecule has 2 heterocycles. The lowest BCUT2D eigenvalue weighted by atomic mass is 9.81. The Bertz CT molecular complexity index is 146. The van der Waals surface area contributed by atoms with Gasteiger partial charge >= 0.3 is 0 Å². The Morgan fingerprint density at radius 1 is 1.08 bits per heavy atom. The normalized spacial score (nSPS) is 33.5. The highest BCUT2D eigenvalue weighted by Crippen LogP contribution is 2.29. The van der Waals surface area contributed by atoms with Crippen molar-refractivity contribution in [2.24, 2.45) is 11.8 Å². The Balaban J connectivity index is 1.79. The molecule has 76 valence electrons. The largest absolute Gasteiger partial charge is 0.381 e. The van der Waals surface area contributed by atoms with Crippen LogP contribution in [-0.4, -0.2) is 38.3 Å². The van der Waals surface area contributed by atoms with Crippen molar-refractivity contribution in [2.45, 2.75) is 25.7 Å². The summed E-state index contributed by atoms with van der Waals surface area (Å²) in [5.41, 5.74) is 0. The average Bonchev–Trinajstić information content (AvgIpc) is 2.20. The first-order valence-corrected chi connectivity index (χ1v) is 5.62. The van der Waals surface area contributed by atoms with Gasteiger partial charge in [-0.2, -0.15) is 0 Å². The van der Waals surface area contributed by atoms with Gasteiger partial charge in [-0.15, -0.1) is 0 Å². The Labute approximate surface area is 81.3 Å². The summed E-state index contributed by atoms with van der Waals surface area (Å²) in [6.45, 7) is 4.62. The number of ether oxygens (including phenoxy) is 1. The van der Waals surface area contributed by atoms with Gasteiger partial charge in [0.2, 0.25) is 0 Å². The highest BCUT2D eigenvalue weighted by molar-refractivity contribution is 4.78. The predicted molar refractivity (Wildman–Crippen MR) is 53.8 cm³/mol. The molecule has 2 nitrogen and oxygen atoms in total. The van der Waals surface area contributed by atoms with Crippen LogP contribution in [0.25, 0.3) is 0 Å². The van der Waals surface area contributed by atoms with Crippen LogP contribution in [0, 0.1) is 11.8 Å². The van der Waals surface area contributed by atoms with Gasteiger partial charge in [-0.1, -0.05) is 0 Å². The first-order chi connectivity index (χ1) is 6.36. The van der Waals surface area contributed by atoms with E-state index in [0.29, 0.717) is 0 Å². The van der Waals surface area contributed by atoms with Crippen LogP contribution < -0.4 is 0 Å². The minimum absolute atomic E-state index is 0.877. The minimum Gasteiger partial charge on any atom is -0.381 e. The van der Waals surface area contributed by atoms with Crippen LogP contribution in [0.3, 0.4) is 0 Å². The molecule has 2 aliphatic rings. The van der Waals surface area contributed by atoms with Crippen molar-refractivity contribution in [2.75, 3.05) is 33.4 Å². The highest BCUT2D eigenvalue weighted by Gasteiger charge is 2.26. The third-order valence-corrected chi connectivity index (χ3v) is 3.63. The number of hydrogen-bond acceptors (Lipinski definition) is 2. The fraction of sp³-hybridized carbons (Fsp3) is 1.00. The molecule has 2 aliphatic heterocycles. The molecule has 0 radical (unpaired) electrons. The molecule has 13 heavy (non-hydrogen) atoms. The van der Waals surface area contributed by atoms with Crippen LogP contribution in [0.5, 0.6) is 0 Å². The van der Waals surface area contributed by atoms with Crippen molar-refractivity contribution in [3.63, 3.8) is 0 Å². The van der Waals surface area contributed by atoms with Crippen LogP contribution >= 0.6 is 0 Å². The second-order valence-electron chi connectivity index (χ2n) is 4.62. The highest BCUT2D eigenvalue weighted by atomic mass is 16.5. The zero-order chi connectivity index (χ0) is 9.10. The molecule has 0 amide bonds. The van der Waals surface area contributed by atoms with E-state index in [9.17, 15) is 0 Å². The van der Waals surface area contributed by atoms with Crippen LogP contribution in [0.1, 0.15) is 25.7 Å². The van der Waals surface area contributed by atoms with Gasteiger partial charge < -0.3 is 9.64 Å². The summed E-state index contributed by atoms with van der Waals surface area (Å²) in [6.07, 6.45) is 5.49. The van der Waals surface area contributed by atoms with E-state index in [1.54, 1.807) is 0 Å². The Kier molecular flexibility index (Phi) is 3.23. The minimum atomic E-state index is 0.877. The molecule has 2 fully saturated rings. The van der Waals surface area contributed by atoms with E-state index in [1.807, 2.05) is 0 Å². The standard InChI is InChI=1S/C11H21NO/c1-12-6-4-10(5-7-12)11-3-2-8-13-9-11/h10-11H,2-9H2,1H3. The van der Waals surface area contributed by atoms with E-state index in [-0.39, 0.29) is 0 Å². The first kappa shape index (κ1) is 9.47. The molecule has 0 aromatic heterocycles. The molecule has 2 rings (SSSR count). The van der Waals surface area contributed by atoms with Crippen molar-refractivity contribution in [3.05, 3.63) is 0 Å². The van der Waals surface area contributed by atoms with Gasteiger partial charge in [-0.3, -0.25) is 0 Å². The van der Waals surface area contributed by atoms with Crippen molar-refractivity contribution in [1.82, 2.24) is 4.90 Å². The fourth-order valence-corrected chi connectivity index (χ4v) is 2.64. The Morgan fingerprint density at radius 2 is 1.85 bits per heavy atom. The second kappa shape index (κ2) is 4.43. The molecule has 2 saturated heterocycles. The zero-order valence-corrected chi connectivity index (χ0v) is 8.67. The summed E-state index contributed by atoms with van der Waals surface area (Å²) in [6, 6.07) is 0. The van der Waals surface area contributed by atoms with E-state index in [0.717, 1.165) is 25.0 Å². The molecule has 0 spiro atoms. The topological polar surface area (TPSA) is 12.5 Å². The molecule has 0 saturated carbocycles. The summed E-state index contributed by atoms with van der Waals surface area (Å²) in [7, 11) is 2.23.